The van der Waals surface area contributed by atoms with E-state index in [9.17, 15) is 13.2 Å². The van der Waals surface area contributed by atoms with Gasteiger partial charge < -0.3 is 9.88 Å². The van der Waals surface area contributed by atoms with E-state index in [4.69, 9.17) is 0 Å². The van der Waals surface area contributed by atoms with Gasteiger partial charge in [-0.15, -0.1) is 0 Å². The number of carbonyl (C=O) groups is 1. The highest BCUT2D eigenvalue weighted by molar-refractivity contribution is 7.89. The summed E-state index contributed by atoms with van der Waals surface area (Å²) in [6.45, 7) is 4.56. The number of nitrogens with zero attached hydrogens (tertiary/aromatic N) is 2. The van der Waals surface area contributed by atoms with Gasteiger partial charge in [-0.2, -0.15) is 0 Å². The average Bonchev–Trinajstić information content (AvgIpc) is 3.19. The van der Waals surface area contributed by atoms with Gasteiger partial charge in [0.15, 0.2) is 0 Å². The first-order chi connectivity index (χ1) is 12.3. The third-order valence-electron chi connectivity index (χ3n) is 4.80. The molecule has 1 aliphatic carbocycles. The molecule has 6 nitrogen and oxygen atoms in total. The van der Waals surface area contributed by atoms with Crippen LogP contribution in [0.3, 0.4) is 0 Å². The molecule has 4 rings (SSSR count). The Morgan fingerprint density at radius 3 is 2.54 bits per heavy atom. The number of para-hydroxylation sites is 1. The lowest BCUT2D eigenvalue weighted by Crippen LogP contribution is -2.32. The summed E-state index contributed by atoms with van der Waals surface area (Å²) in [5.41, 5.74) is 2.58. The molecule has 1 amide bonds. The Morgan fingerprint density at radius 1 is 1.23 bits per heavy atom. The van der Waals surface area contributed by atoms with Crippen LogP contribution in [0.5, 0.6) is 0 Å². The van der Waals surface area contributed by atoms with Crippen LogP contribution in [0.2, 0.25) is 0 Å². The van der Waals surface area contributed by atoms with Crippen molar-refractivity contribution in [2.24, 2.45) is 5.92 Å². The number of carbonyl (C=O) groups excluding carboxylic acids is 1. The minimum Gasteiger partial charge on any atom is -0.349 e. The molecule has 138 valence electrons. The Bertz CT molecular complexity index is 1120. The molecular formula is C19H23N3O3S. The Labute approximate surface area is 152 Å². The van der Waals surface area contributed by atoms with Gasteiger partial charge in [0.1, 0.15) is 5.69 Å². The maximum Gasteiger partial charge on any atom is 0.269 e. The van der Waals surface area contributed by atoms with Crippen molar-refractivity contribution in [3.63, 3.8) is 0 Å². The van der Waals surface area contributed by atoms with E-state index in [1.165, 1.54) is 16.8 Å². The first-order valence-electron chi connectivity index (χ1n) is 8.91. The van der Waals surface area contributed by atoms with Gasteiger partial charge in [-0.3, -0.25) is 4.79 Å². The first kappa shape index (κ1) is 17.1. The Morgan fingerprint density at radius 2 is 1.92 bits per heavy atom. The third kappa shape index (κ3) is 2.80. The van der Waals surface area contributed by atoms with Crippen molar-refractivity contribution in [1.82, 2.24) is 13.9 Å². The van der Waals surface area contributed by atoms with E-state index >= 15 is 0 Å². The van der Waals surface area contributed by atoms with Crippen LogP contribution in [0, 0.1) is 5.92 Å². The lowest BCUT2D eigenvalue weighted by atomic mass is 10.2. The van der Waals surface area contributed by atoms with Crippen molar-refractivity contribution in [1.29, 1.82) is 0 Å². The van der Waals surface area contributed by atoms with Gasteiger partial charge in [0.2, 0.25) is 10.0 Å². The van der Waals surface area contributed by atoms with Crippen molar-refractivity contribution in [2.75, 3.05) is 6.26 Å². The Hall–Kier alpha value is -2.28. The Kier molecular flexibility index (Phi) is 3.87. The number of amides is 1. The van der Waals surface area contributed by atoms with E-state index in [2.05, 4.69) is 9.88 Å². The van der Waals surface area contributed by atoms with E-state index in [-0.39, 0.29) is 17.6 Å². The van der Waals surface area contributed by atoms with Crippen molar-refractivity contribution in [2.45, 2.75) is 39.3 Å². The van der Waals surface area contributed by atoms with Crippen LogP contribution >= 0.6 is 0 Å². The summed E-state index contributed by atoms with van der Waals surface area (Å²) >= 11 is 0. The number of benzene rings is 1. The smallest absolute Gasteiger partial charge is 0.269 e. The quantitative estimate of drug-likeness (QED) is 0.747. The van der Waals surface area contributed by atoms with Crippen molar-refractivity contribution < 1.29 is 13.2 Å². The molecule has 1 N–H and O–H groups in total. The fraction of sp³-hybridized carbons (Fsp3) is 0.421. The van der Waals surface area contributed by atoms with E-state index in [1.807, 2.05) is 38.1 Å². The first-order valence-corrected chi connectivity index (χ1v) is 10.8. The highest BCUT2D eigenvalue weighted by Gasteiger charge is 2.29. The number of rotatable bonds is 5. The van der Waals surface area contributed by atoms with E-state index in [0.717, 1.165) is 29.2 Å². The standard InChI is InChI=1S/C19H23N3O3S/c1-12(2)20-19(23)17-10-16-18(22(17)26(3,24)25)14-6-4-5-7-15(14)21(16)11-13-8-9-13/h4-7,10,12-13H,8-9,11H2,1-3H3,(H,20,23). The summed E-state index contributed by atoms with van der Waals surface area (Å²) in [6.07, 6.45) is 3.54. The molecule has 2 aromatic heterocycles. The topological polar surface area (TPSA) is 73.1 Å². The molecular weight excluding hydrogens is 350 g/mol. The molecule has 0 saturated heterocycles. The van der Waals surface area contributed by atoms with Gasteiger partial charge >= 0.3 is 0 Å². The number of fused-ring (bicyclic) bond motifs is 3. The van der Waals surface area contributed by atoms with Crippen LogP contribution < -0.4 is 5.32 Å². The molecule has 0 radical (unpaired) electrons. The summed E-state index contributed by atoms with van der Waals surface area (Å²) in [7, 11) is -3.65. The van der Waals surface area contributed by atoms with Crippen LogP contribution in [-0.2, 0) is 16.6 Å². The SMILES string of the molecule is CC(C)NC(=O)c1cc2c(c3ccccc3n2CC2CC2)n1S(C)(=O)=O. The Balaban J connectivity index is 2.06. The van der Waals surface area contributed by atoms with Gasteiger partial charge in [-0.05, 0) is 44.7 Å². The van der Waals surface area contributed by atoms with Crippen LogP contribution in [0.15, 0.2) is 30.3 Å². The van der Waals surface area contributed by atoms with Crippen LogP contribution in [0.1, 0.15) is 37.2 Å². The van der Waals surface area contributed by atoms with Gasteiger partial charge in [0.05, 0.1) is 22.8 Å². The van der Waals surface area contributed by atoms with Gasteiger partial charge in [0, 0.05) is 18.0 Å². The maximum absolute atomic E-state index is 12.7. The van der Waals surface area contributed by atoms with Crippen molar-refractivity contribution >= 4 is 37.9 Å². The predicted molar refractivity (Wildman–Crippen MR) is 103 cm³/mol. The molecule has 7 heteroatoms. The minimum atomic E-state index is -3.65. The molecule has 2 heterocycles. The molecule has 0 spiro atoms. The lowest BCUT2D eigenvalue weighted by Gasteiger charge is -2.11. The molecule has 0 atom stereocenters. The van der Waals surface area contributed by atoms with Gasteiger partial charge in [-0.1, -0.05) is 18.2 Å². The minimum absolute atomic E-state index is 0.0740. The molecule has 26 heavy (non-hydrogen) atoms. The van der Waals surface area contributed by atoms with E-state index in [0.29, 0.717) is 11.4 Å². The second-order valence-electron chi connectivity index (χ2n) is 7.49. The average molecular weight is 373 g/mol. The normalized spacial score (nSPS) is 15.2. The predicted octanol–water partition coefficient (Wildman–Crippen LogP) is 2.95. The van der Waals surface area contributed by atoms with Crippen LogP contribution in [0.4, 0.5) is 0 Å². The summed E-state index contributed by atoms with van der Waals surface area (Å²) in [5, 5.41) is 3.67. The molecule has 1 fully saturated rings. The summed E-state index contributed by atoms with van der Waals surface area (Å²) < 4.78 is 28.5. The molecule has 1 saturated carbocycles. The van der Waals surface area contributed by atoms with E-state index in [1.54, 1.807) is 6.07 Å². The monoisotopic (exact) mass is 373 g/mol. The van der Waals surface area contributed by atoms with Crippen molar-refractivity contribution in [3.8, 4) is 0 Å². The molecule has 0 aliphatic heterocycles. The number of hydrogen-bond acceptors (Lipinski definition) is 3. The fourth-order valence-electron chi connectivity index (χ4n) is 3.57. The maximum atomic E-state index is 12.7. The number of aromatic nitrogens is 2. The zero-order valence-corrected chi connectivity index (χ0v) is 16.0. The largest absolute Gasteiger partial charge is 0.349 e. The molecule has 0 bridgehead atoms. The van der Waals surface area contributed by atoms with E-state index < -0.39 is 10.0 Å². The summed E-state index contributed by atoms with van der Waals surface area (Å²) in [4.78, 5) is 12.7. The highest BCUT2D eigenvalue weighted by Crippen LogP contribution is 2.37. The van der Waals surface area contributed by atoms with Crippen molar-refractivity contribution in [3.05, 3.63) is 36.0 Å². The zero-order valence-electron chi connectivity index (χ0n) is 15.2. The molecule has 1 aromatic carbocycles. The third-order valence-corrected chi connectivity index (χ3v) is 5.84. The molecule has 1 aliphatic rings. The van der Waals surface area contributed by atoms with Gasteiger partial charge in [-0.25, -0.2) is 12.4 Å². The second-order valence-corrected chi connectivity index (χ2v) is 9.32. The summed E-state index contributed by atoms with van der Waals surface area (Å²) in [6, 6.07) is 9.44. The lowest BCUT2D eigenvalue weighted by molar-refractivity contribution is 0.0937. The van der Waals surface area contributed by atoms with Crippen LogP contribution in [0.25, 0.3) is 21.9 Å². The van der Waals surface area contributed by atoms with Gasteiger partial charge in [0.25, 0.3) is 5.91 Å². The number of nitrogens with one attached hydrogen (secondary N) is 1. The second kappa shape index (κ2) is 5.87. The zero-order chi connectivity index (χ0) is 18.6. The van der Waals surface area contributed by atoms with Crippen LogP contribution in [-0.4, -0.2) is 35.2 Å². The molecule has 3 aromatic rings. The fourth-order valence-corrected chi connectivity index (χ4v) is 4.58. The highest BCUT2D eigenvalue weighted by atomic mass is 32.2. The molecule has 0 unspecified atom stereocenters. The number of hydrogen-bond donors (Lipinski definition) is 1. The summed E-state index contributed by atoms with van der Waals surface area (Å²) in [5.74, 6) is 0.257.